The summed E-state index contributed by atoms with van der Waals surface area (Å²) in [4.78, 5) is 10.2. The van der Waals surface area contributed by atoms with Gasteiger partial charge in [0, 0.05) is 6.08 Å². The van der Waals surface area contributed by atoms with Crippen LogP contribution in [0.25, 0.3) is 0 Å². The average Bonchev–Trinajstić information content (AvgIpc) is 2.14. The lowest BCUT2D eigenvalue weighted by molar-refractivity contribution is -0.868. The minimum Gasteiger partial charge on any atom is -1.00 e. The maximum atomic E-state index is 10.2. The van der Waals surface area contributed by atoms with Gasteiger partial charge in [-0.2, -0.15) is 0 Å². The third kappa shape index (κ3) is 24.6. The topological polar surface area (TPSA) is 26.3 Å². The molecule has 0 fully saturated rings. The van der Waals surface area contributed by atoms with E-state index in [1.807, 2.05) is 0 Å². The van der Waals surface area contributed by atoms with E-state index in [0.717, 1.165) is 10.6 Å². The minimum absolute atomic E-state index is 0. The Balaban J connectivity index is -0.000000187. The van der Waals surface area contributed by atoms with Crippen LogP contribution in [0.3, 0.4) is 0 Å². The van der Waals surface area contributed by atoms with E-state index < -0.39 is 5.97 Å². The first-order valence-corrected chi connectivity index (χ1v) is 4.58. The number of carbonyl (C=O) groups excluding carboxylic acids is 1. The second-order valence-corrected chi connectivity index (χ2v) is 3.73. The number of carbonyl (C=O) groups is 1. The van der Waals surface area contributed by atoms with Gasteiger partial charge in [-0.05, 0) is 6.92 Å². The lowest BCUT2D eigenvalue weighted by atomic mass is 10.6. The lowest BCUT2D eigenvalue weighted by Gasteiger charge is -2.20. The van der Waals surface area contributed by atoms with Crippen LogP contribution >= 0.6 is 0 Å². The zero-order valence-electron chi connectivity index (χ0n) is 10.1. The van der Waals surface area contributed by atoms with Gasteiger partial charge in [-0.1, -0.05) is 19.2 Å². The number of nitrogens with zero attached hydrogens (tertiary/aromatic N) is 1. The van der Waals surface area contributed by atoms with Crippen molar-refractivity contribution in [2.75, 3.05) is 34.3 Å². The summed E-state index contributed by atoms with van der Waals surface area (Å²) in [6.45, 7) is 10.2. The van der Waals surface area contributed by atoms with E-state index in [-0.39, 0.29) is 19.0 Å². The highest BCUT2D eigenvalue weighted by molar-refractivity contribution is 5.81. The fourth-order valence-corrected chi connectivity index (χ4v) is 0.200. The Kier molecular flexibility index (Phi) is 14.8. The zero-order valence-corrected chi connectivity index (χ0v) is 10.9. The Morgan fingerprint density at radius 3 is 1.93 bits per heavy atom. The summed E-state index contributed by atoms with van der Waals surface area (Å²) in [6, 6.07) is 0. The molecule has 0 saturated carbocycles. The van der Waals surface area contributed by atoms with E-state index in [1.54, 1.807) is 0 Å². The smallest absolute Gasteiger partial charge is 0.330 e. The number of ether oxygens (including phenoxy) is 1. The van der Waals surface area contributed by atoms with Crippen LogP contribution in [0.15, 0.2) is 25.3 Å². The fourth-order valence-electron chi connectivity index (χ4n) is 0.200. The number of quaternary nitrogens is 1. The largest absolute Gasteiger partial charge is 1.00 e. The maximum Gasteiger partial charge on any atom is 0.330 e. The Labute approximate surface area is 99.4 Å². The molecule has 0 aliphatic carbocycles. The molecule has 90 valence electrons. The third-order valence-corrected chi connectivity index (χ3v) is 1.46. The molecule has 0 N–H and O–H groups in total. The second kappa shape index (κ2) is 11.3. The van der Waals surface area contributed by atoms with E-state index in [2.05, 4.69) is 46.0 Å². The first kappa shape index (κ1) is 19.7. The SMILES string of the molecule is C=CCOC(=O)C=C.CC[N+](C)(C)C.[Cl-]. The van der Waals surface area contributed by atoms with Gasteiger partial charge in [0.15, 0.2) is 0 Å². The van der Waals surface area contributed by atoms with E-state index in [4.69, 9.17) is 0 Å². The highest BCUT2D eigenvalue weighted by Crippen LogP contribution is 1.83. The van der Waals surface area contributed by atoms with Gasteiger partial charge in [-0.3, -0.25) is 0 Å². The van der Waals surface area contributed by atoms with E-state index in [9.17, 15) is 4.79 Å². The molecule has 0 bridgehead atoms. The van der Waals surface area contributed by atoms with E-state index in [0.29, 0.717) is 0 Å². The molecule has 0 unspecified atom stereocenters. The number of rotatable bonds is 4. The van der Waals surface area contributed by atoms with Gasteiger partial charge in [-0.25, -0.2) is 4.79 Å². The quantitative estimate of drug-likeness (QED) is 0.260. The first-order chi connectivity index (χ1) is 6.37. The van der Waals surface area contributed by atoms with Crippen molar-refractivity contribution in [1.82, 2.24) is 0 Å². The Hall–Kier alpha value is -0.800. The number of halogens is 1. The molecule has 0 atom stereocenters. The molecule has 0 aromatic rings. The molecular formula is C11H22ClNO2. The zero-order chi connectivity index (χ0) is 11.6. The Morgan fingerprint density at radius 1 is 1.33 bits per heavy atom. The van der Waals surface area contributed by atoms with Crippen molar-refractivity contribution < 1.29 is 26.4 Å². The first-order valence-electron chi connectivity index (χ1n) is 4.58. The van der Waals surface area contributed by atoms with Crippen LogP contribution in [0, 0.1) is 0 Å². The van der Waals surface area contributed by atoms with Crippen molar-refractivity contribution in [3.8, 4) is 0 Å². The molecule has 15 heavy (non-hydrogen) atoms. The molecule has 0 aliphatic rings. The van der Waals surface area contributed by atoms with E-state index in [1.165, 1.54) is 12.6 Å². The van der Waals surface area contributed by atoms with Crippen molar-refractivity contribution in [2.24, 2.45) is 0 Å². The van der Waals surface area contributed by atoms with Crippen molar-refractivity contribution in [2.45, 2.75) is 6.92 Å². The van der Waals surface area contributed by atoms with Crippen molar-refractivity contribution >= 4 is 5.97 Å². The van der Waals surface area contributed by atoms with Crippen LogP contribution in [0.1, 0.15) is 6.92 Å². The lowest BCUT2D eigenvalue weighted by Crippen LogP contribution is -3.00. The van der Waals surface area contributed by atoms with Crippen LogP contribution in [0.5, 0.6) is 0 Å². The fraction of sp³-hybridized carbons (Fsp3) is 0.545. The molecule has 0 amide bonds. The van der Waals surface area contributed by atoms with Gasteiger partial charge < -0.3 is 21.6 Å². The molecular weight excluding hydrogens is 214 g/mol. The summed E-state index contributed by atoms with van der Waals surface area (Å²) in [5, 5.41) is 0. The van der Waals surface area contributed by atoms with Crippen molar-refractivity contribution in [3.63, 3.8) is 0 Å². The maximum absolute atomic E-state index is 10.2. The standard InChI is InChI=1S/C6H8O2.C5H14N.ClH/c1-3-5-8-6(7)4-2;1-5-6(2,3)4;/h3-4H,1-2,5H2;5H2,1-4H3;1H/q;+1;/p-1. The van der Waals surface area contributed by atoms with Gasteiger partial charge in [-0.15, -0.1) is 0 Å². The number of esters is 1. The predicted molar refractivity (Wildman–Crippen MR) is 59.9 cm³/mol. The predicted octanol–water partition coefficient (Wildman–Crippen LogP) is -1.38. The van der Waals surface area contributed by atoms with Crippen LogP contribution < -0.4 is 12.4 Å². The van der Waals surface area contributed by atoms with Crippen molar-refractivity contribution in [3.05, 3.63) is 25.3 Å². The number of hydrogen-bond acceptors (Lipinski definition) is 2. The normalized spacial score (nSPS) is 8.80. The van der Waals surface area contributed by atoms with Crippen LogP contribution in [0.2, 0.25) is 0 Å². The third-order valence-electron chi connectivity index (χ3n) is 1.46. The second-order valence-electron chi connectivity index (χ2n) is 3.73. The summed E-state index contributed by atoms with van der Waals surface area (Å²) >= 11 is 0. The van der Waals surface area contributed by atoms with Gasteiger partial charge in [0.05, 0.1) is 27.7 Å². The Bertz CT molecular complexity index is 186. The van der Waals surface area contributed by atoms with Gasteiger partial charge in [0.1, 0.15) is 6.61 Å². The van der Waals surface area contributed by atoms with Crippen LogP contribution in [0.4, 0.5) is 0 Å². The molecule has 0 aliphatic heterocycles. The highest BCUT2D eigenvalue weighted by atomic mass is 35.5. The molecule has 0 heterocycles. The molecule has 0 radical (unpaired) electrons. The summed E-state index contributed by atoms with van der Waals surface area (Å²) in [5.41, 5.74) is 0. The van der Waals surface area contributed by atoms with Crippen LogP contribution in [-0.4, -0.2) is 44.7 Å². The summed E-state index contributed by atoms with van der Waals surface area (Å²) in [6.07, 6.45) is 2.62. The molecule has 0 spiro atoms. The van der Waals surface area contributed by atoms with Gasteiger partial charge in [0.2, 0.25) is 0 Å². The monoisotopic (exact) mass is 235 g/mol. The van der Waals surface area contributed by atoms with Gasteiger partial charge >= 0.3 is 5.97 Å². The average molecular weight is 236 g/mol. The van der Waals surface area contributed by atoms with E-state index >= 15 is 0 Å². The Morgan fingerprint density at radius 2 is 1.73 bits per heavy atom. The summed E-state index contributed by atoms with van der Waals surface area (Å²) in [5.74, 6) is -0.412. The van der Waals surface area contributed by atoms with Gasteiger partial charge in [0.25, 0.3) is 0 Å². The van der Waals surface area contributed by atoms with Crippen molar-refractivity contribution in [1.29, 1.82) is 0 Å². The van der Waals surface area contributed by atoms with Crippen LogP contribution in [-0.2, 0) is 9.53 Å². The molecule has 0 aromatic heterocycles. The summed E-state index contributed by atoms with van der Waals surface area (Å²) < 4.78 is 5.53. The minimum atomic E-state index is -0.412. The number of hydrogen-bond donors (Lipinski definition) is 0. The highest BCUT2D eigenvalue weighted by Gasteiger charge is 1.97. The molecule has 3 nitrogen and oxygen atoms in total. The molecule has 0 saturated heterocycles. The molecule has 0 aromatic carbocycles. The summed E-state index contributed by atoms with van der Waals surface area (Å²) in [7, 11) is 6.54. The molecule has 0 rings (SSSR count). The molecule has 4 heteroatoms.